The Balaban J connectivity index is 2.83. The van der Waals surface area contributed by atoms with Crippen LogP contribution in [0.15, 0.2) is 16.7 Å². The van der Waals surface area contributed by atoms with Gasteiger partial charge in [0.05, 0.1) is 5.54 Å². The molecule has 5 heteroatoms. The fourth-order valence-electron chi connectivity index (χ4n) is 0.885. The minimum absolute atomic E-state index is 0.253. The predicted molar refractivity (Wildman–Crippen MR) is 63.6 cm³/mol. The van der Waals surface area contributed by atoms with Crippen LogP contribution in [0, 0.1) is 6.92 Å². The van der Waals surface area contributed by atoms with Crippen LogP contribution in [-0.4, -0.2) is 16.4 Å². The van der Waals surface area contributed by atoms with E-state index in [1.165, 1.54) is 0 Å². The van der Waals surface area contributed by atoms with Crippen molar-refractivity contribution in [1.29, 1.82) is 0 Å². The van der Waals surface area contributed by atoms with Crippen LogP contribution >= 0.6 is 15.9 Å². The molecule has 0 spiro atoms. The van der Waals surface area contributed by atoms with Gasteiger partial charge in [-0.15, -0.1) is 0 Å². The number of nitrogens with one attached hydrogen (secondary N) is 1. The highest BCUT2D eigenvalue weighted by Crippen LogP contribution is 2.17. The predicted octanol–water partition coefficient (Wildman–Crippen LogP) is 1.83. The van der Waals surface area contributed by atoms with Crippen LogP contribution in [-0.2, 0) is 4.79 Å². The number of nitrogens with zero attached hydrogens (tertiary/aromatic N) is 1. The van der Waals surface area contributed by atoms with Crippen molar-refractivity contribution >= 4 is 27.7 Å². The van der Waals surface area contributed by atoms with Gasteiger partial charge in [0, 0.05) is 10.7 Å². The summed E-state index contributed by atoms with van der Waals surface area (Å²) in [5, 5.41) is 2.65. The second kappa shape index (κ2) is 4.28. The molecule has 0 saturated heterocycles. The van der Waals surface area contributed by atoms with Crippen LogP contribution in [0.5, 0.6) is 0 Å². The van der Waals surface area contributed by atoms with Crippen molar-refractivity contribution < 1.29 is 4.79 Å². The highest BCUT2D eigenvalue weighted by atomic mass is 79.9. The van der Waals surface area contributed by atoms with Crippen LogP contribution in [0.25, 0.3) is 0 Å². The van der Waals surface area contributed by atoms with Gasteiger partial charge in [-0.3, -0.25) is 4.79 Å². The molecule has 1 amide bonds. The molecule has 1 rings (SSSR count). The number of carbonyl (C=O) groups excluding carboxylic acids is 1. The van der Waals surface area contributed by atoms with Gasteiger partial charge in [0.15, 0.2) is 0 Å². The molecule has 1 aromatic heterocycles. The summed E-state index contributed by atoms with van der Waals surface area (Å²) in [6, 6.07) is 1.79. The number of nitrogens with two attached hydrogens (primary N) is 1. The molecular weight excluding hydrogens is 258 g/mol. The topological polar surface area (TPSA) is 68.0 Å². The summed E-state index contributed by atoms with van der Waals surface area (Å²) < 4.78 is 0.910. The van der Waals surface area contributed by atoms with Gasteiger partial charge in [-0.05, 0) is 48.3 Å². The Bertz CT molecular complexity index is 385. The van der Waals surface area contributed by atoms with E-state index in [0.717, 1.165) is 10.0 Å². The van der Waals surface area contributed by atoms with Crippen molar-refractivity contribution in [3.05, 3.63) is 22.3 Å². The van der Waals surface area contributed by atoms with Crippen molar-refractivity contribution in [3.8, 4) is 0 Å². The van der Waals surface area contributed by atoms with Crippen molar-refractivity contribution in [1.82, 2.24) is 4.98 Å². The van der Waals surface area contributed by atoms with Crippen LogP contribution in [0.1, 0.15) is 19.4 Å². The summed E-state index contributed by atoms with van der Waals surface area (Å²) in [6.07, 6.45) is 1.65. The maximum Gasteiger partial charge on any atom is 0.245 e. The number of aryl methyl sites for hydroxylation is 1. The normalized spacial score (nSPS) is 11.3. The Hall–Kier alpha value is -0.940. The van der Waals surface area contributed by atoms with E-state index >= 15 is 0 Å². The first-order chi connectivity index (χ1) is 6.80. The average Bonchev–Trinajstić information content (AvgIpc) is 2.10. The molecule has 15 heavy (non-hydrogen) atoms. The maximum atomic E-state index is 11.5. The number of aromatic nitrogens is 1. The summed E-state index contributed by atoms with van der Waals surface area (Å²) >= 11 is 3.34. The molecule has 0 fully saturated rings. The molecule has 0 aliphatic rings. The number of rotatable bonds is 2. The van der Waals surface area contributed by atoms with E-state index in [4.69, 9.17) is 5.73 Å². The SMILES string of the molecule is Cc1cc(NC(=O)C(C)(C)N)ncc1Br. The Morgan fingerprint density at radius 2 is 2.20 bits per heavy atom. The van der Waals surface area contributed by atoms with Gasteiger partial charge in [0.1, 0.15) is 5.82 Å². The number of halogens is 1. The summed E-state index contributed by atoms with van der Waals surface area (Å²) in [4.78, 5) is 15.6. The van der Waals surface area contributed by atoms with Gasteiger partial charge < -0.3 is 11.1 Å². The highest BCUT2D eigenvalue weighted by molar-refractivity contribution is 9.10. The lowest BCUT2D eigenvalue weighted by atomic mass is 10.1. The number of carbonyl (C=O) groups is 1. The maximum absolute atomic E-state index is 11.5. The molecule has 4 nitrogen and oxygen atoms in total. The minimum Gasteiger partial charge on any atom is -0.318 e. The fraction of sp³-hybridized carbons (Fsp3) is 0.400. The fourth-order valence-corrected chi connectivity index (χ4v) is 1.10. The Morgan fingerprint density at radius 1 is 1.60 bits per heavy atom. The molecule has 0 aliphatic carbocycles. The zero-order valence-corrected chi connectivity index (χ0v) is 10.6. The quantitative estimate of drug-likeness (QED) is 0.863. The second-order valence-electron chi connectivity index (χ2n) is 3.99. The Morgan fingerprint density at radius 3 is 2.67 bits per heavy atom. The third kappa shape index (κ3) is 3.28. The van der Waals surface area contributed by atoms with E-state index in [9.17, 15) is 4.79 Å². The molecule has 0 radical (unpaired) electrons. The van der Waals surface area contributed by atoms with Gasteiger partial charge in [0.25, 0.3) is 0 Å². The Labute approximate surface area is 97.4 Å². The minimum atomic E-state index is -0.900. The first kappa shape index (κ1) is 12.1. The zero-order valence-electron chi connectivity index (χ0n) is 8.97. The van der Waals surface area contributed by atoms with Gasteiger partial charge >= 0.3 is 0 Å². The largest absolute Gasteiger partial charge is 0.318 e. The van der Waals surface area contributed by atoms with E-state index < -0.39 is 5.54 Å². The van der Waals surface area contributed by atoms with Gasteiger partial charge in [-0.1, -0.05) is 0 Å². The van der Waals surface area contributed by atoms with Crippen LogP contribution < -0.4 is 11.1 Å². The number of amides is 1. The molecule has 0 saturated carbocycles. The van der Waals surface area contributed by atoms with Crippen molar-refractivity contribution in [2.24, 2.45) is 5.73 Å². The molecule has 0 atom stereocenters. The van der Waals surface area contributed by atoms with Crippen molar-refractivity contribution in [2.45, 2.75) is 26.3 Å². The smallest absolute Gasteiger partial charge is 0.245 e. The first-order valence-electron chi connectivity index (χ1n) is 4.53. The van der Waals surface area contributed by atoms with E-state index in [2.05, 4.69) is 26.2 Å². The van der Waals surface area contributed by atoms with Crippen LogP contribution in [0.2, 0.25) is 0 Å². The number of hydrogen-bond donors (Lipinski definition) is 2. The molecule has 1 heterocycles. The molecular formula is C10H14BrN3O. The van der Waals surface area contributed by atoms with Crippen LogP contribution in [0.3, 0.4) is 0 Å². The van der Waals surface area contributed by atoms with Crippen LogP contribution in [0.4, 0.5) is 5.82 Å². The van der Waals surface area contributed by atoms with Gasteiger partial charge in [-0.25, -0.2) is 4.98 Å². The molecule has 0 aliphatic heterocycles. The lowest BCUT2D eigenvalue weighted by Gasteiger charge is -2.17. The van der Waals surface area contributed by atoms with E-state index in [0.29, 0.717) is 5.82 Å². The van der Waals surface area contributed by atoms with Gasteiger partial charge in [-0.2, -0.15) is 0 Å². The van der Waals surface area contributed by atoms with E-state index in [1.807, 2.05) is 6.92 Å². The van der Waals surface area contributed by atoms with Crippen molar-refractivity contribution in [3.63, 3.8) is 0 Å². The van der Waals surface area contributed by atoms with Gasteiger partial charge in [0.2, 0.25) is 5.91 Å². The number of pyridine rings is 1. The summed E-state index contributed by atoms with van der Waals surface area (Å²) in [5.41, 5.74) is 5.75. The third-order valence-corrected chi connectivity index (χ3v) is 2.70. The molecule has 1 aromatic rings. The lowest BCUT2D eigenvalue weighted by Crippen LogP contribution is -2.45. The second-order valence-corrected chi connectivity index (χ2v) is 4.85. The summed E-state index contributed by atoms with van der Waals surface area (Å²) in [5.74, 6) is 0.260. The monoisotopic (exact) mass is 271 g/mol. The molecule has 82 valence electrons. The molecule has 0 aromatic carbocycles. The number of anilines is 1. The summed E-state index contributed by atoms with van der Waals surface area (Å²) in [6.45, 7) is 5.22. The van der Waals surface area contributed by atoms with E-state index in [-0.39, 0.29) is 5.91 Å². The average molecular weight is 272 g/mol. The summed E-state index contributed by atoms with van der Waals surface area (Å²) in [7, 11) is 0. The Kier molecular flexibility index (Phi) is 3.46. The highest BCUT2D eigenvalue weighted by Gasteiger charge is 2.22. The molecule has 0 bridgehead atoms. The lowest BCUT2D eigenvalue weighted by molar-refractivity contribution is -0.120. The molecule has 0 unspecified atom stereocenters. The zero-order chi connectivity index (χ0) is 11.6. The third-order valence-electron chi connectivity index (χ3n) is 1.87. The van der Waals surface area contributed by atoms with Crippen molar-refractivity contribution in [2.75, 3.05) is 5.32 Å². The first-order valence-corrected chi connectivity index (χ1v) is 5.32. The standard InChI is InChI=1S/C10H14BrN3O/c1-6-4-8(13-5-7(6)11)14-9(15)10(2,3)12/h4-5H,12H2,1-3H3,(H,13,14,15). The molecule has 3 N–H and O–H groups in total. The van der Waals surface area contributed by atoms with E-state index in [1.54, 1.807) is 26.1 Å². The number of hydrogen-bond acceptors (Lipinski definition) is 3.